The number of hydrogen-bond acceptors (Lipinski definition) is 8. The van der Waals surface area contributed by atoms with E-state index in [9.17, 15) is 0 Å². The van der Waals surface area contributed by atoms with Gasteiger partial charge in [0.05, 0.1) is 19.0 Å². The maximum absolute atomic E-state index is 6.14. The minimum Gasteiger partial charge on any atom is -0.486 e. The lowest BCUT2D eigenvalue weighted by molar-refractivity contribution is 0.0522. The van der Waals surface area contributed by atoms with Crippen molar-refractivity contribution in [3.63, 3.8) is 0 Å². The first-order chi connectivity index (χ1) is 16.3. The van der Waals surface area contributed by atoms with Gasteiger partial charge in [-0.25, -0.2) is 15.0 Å². The van der Waals surface area contributed by atoms with Crippen molar-refractivity contribution in [1.29, 1.82) is 0 Å². The molecule has 1 fully saturated rings. The zero-order chi connectivity index (χ0) is 22.0. The summed E-state index contributed by atoms with van der Waals surface area (Å²) in [5, 5.41) is 3.65. The van der Waals surface area contributed by atoms with E-state index in [2.05, 4.69) is 24.8 Å². The number of ether oxygens (including phenoxy) is 2. The zero-order valence-corrected chi connectivity index (χ0v) is 21.7. The van der Waals surface area contributed by atoms with E-state index >= 15 is 0 Å². The second kappa shape index (κ2) is 13.5. The van der Waals surface area contributed by atoms with Crippen LogP contribution in [0.3, 0.4) is 0 Å². The molecule has 5 heterocycles. The van der Waals surface area contributed by atoms with Crippen LogP contribution >= 0.6 is 24.8 Å². The highest BCUT2D eigenvalue weighted by molar-refractivity contribution is 5.85. The van der Waals surface area contributed by atoms with Gasteiger partial charge >= 0.3 is 0 Å². The Labute approximate surface area is 226 Å². The topological polar surface area (TPSA) is 153 Å². The Hall–Kier alpha value is -3.09. The number of aromatic nitrogens is 4. The molecule has 1 saturated heterocycles. The number of likely N-dealkylation sites (tertiary alicyclic amines) is 1. The van der Waals surface area contributed by atoms with Crippen LogP contribution in [-0.4, -0.2) is 73.8 Å². The number of nitrogens with one attached hydrogen (secondary N) is 1. The number of fused-ring (bicyclic) bond motifs is 2. The summed E-state index contributed by atoms with van der Waals surface area (Å²) in [6, 6.07) is 12.1. The first-order valence-corrected chi connectivity index (χ1v) is 11.4. The molecule has 1 atom stereocenters. The quantitative estimate of drug-likeness (QED) is 0.381. The number of hydrogen-bond donors (Lipinski definition) is 1. The lowest BCUT2D eigenvalue weighted by atomic mass is 10.0. The van der Waals surface area contributed by atoms with Crippen LogP contribution in [0, 0.1) is 0 Å². The van der Waals surface area contributed by atoms with Crippen LogP contribution < -0.4 is 14.8 Å². The number of halogens is 2. The van der Waals surface area contributed by atoms with Crippen molar-refractivity contribution in [1.82, 2.24) is 24.4 Å². The third kappa shape index (κ3) is 6.62. The van der Waals surface area contributed by atoms with Crippen molar-refractivity contribution in [3.05, 3.63) is 60.9 Å². The molecule has 4 aromatic rings. The van der Waals surface area contributed by atoms with Gasteiger partial charge in [0.1, 0.15) is 30.3 Å². The van der Waals surface area contributed by atoms with Gasteiger partial charge in [0, 0.05) is 25.7 Å². The van der Waals surface area contributed by atoms with E-state index in [0.717, 1.165) is 66.8 Å². The van der Waals surface area contributed by atoms with Crippen molar-refractivity contribution in [2.75, 3.05) is 31.6 Å². The summed E-state index contributed by atoms with van der Waals surface area (Å²) in [6.07, 6.45) is 7.10. The number of nitrogens with zero attached hydrogens (tertiary/aromatic N) is 5. The van der Waals surface area contributed by atoms with Crippen LogP contribution in [0.25, 0.3) is 11.2 Å². The minimum atomic E-state index is 0. The predicted octanol–water partition coefficient (Wildman–Crippen LogP) is 2.38. The fraction of sp³-hybridized carbons (Fsp3) is 0.375. The van der Waals surface area contributed by atoms with E-state index in [4.69, 9.17) is 18.9 Å². The van der Waals surface area contributed by atoms with Crippen molar-refractivity contribution in [3.8, 4) is 11.5 Å². The molecule has 37 heavy (non-hydrogen) atoms. The molecule has 0 spiro atoms. The lowest BCUT2D eigenvalue weighted by Crippen LogP contribution is -2.46. The average molecular weight is 555 g/mol. The largest absolute Gasteiger partial charge is 0.486 e. The van der Waals surface area contributed by atoms with Crippen LogP contribution in [-0.2, 0) is 6.54 Å². The number of furan rings is 1. The molecule has 2 aliphatic heterocycles. The van der Waals surface area contributed by atoms with Gasteiger partial charge in [0.25, 0.3) is 0 Å². The Morgan fingerprint density at radius 2 is 1.78 bits per heavy atom. The predicted molar refractivity (Wildman–Crippen MR) is 144 cm³/mol. The zero-order valence-electron chi connectivity index (χ0n) is 20.1. The van der Waals surface area contributed by atoms with E-state index in [-0.39, 0.29) is 41.9 Å². The highest BCUT2D eigenvalue weighted by Gasteiger charge is 2.27. The number of rotatable bonds is 6. The molecule has 202 valence electrons. The maximum Gasteiger partial charge on any atom is 0.205 e. The summed E-state index contributed by atoms with van der Waals surface area (Å²) in [4.78, 5) is 15.8. The van der Waals surface area contributed by atoms with E-state index in [0.29, 0.717) is 19.2 Å². The molecule has 13 heteroatoms. The van der Waals surface area contributed by atoms with Gasteiger partial charge in [-0.15, -0.1) is 24.8 Å². The Bertz CT molecular complexity index is 1230. The summed E-state index contributed by atoms with van der Waals surface area (Å²) in [6.45, 7) is 4.03. The second-order valence-corrected chi connectivity index (χ2v) is 8.55. The molecule has 0 amide bonds. The molecular weight excluding hydrogens is 523 g/mol. The standard InChI is InChI=1S/C24H26N6O3.2ClH.2H2O/c1-2-6-22-21(5-1)32-15-19(33-22)13-29-9-7-17(8-10-29)27-24-28-20-12-25-16-26-23(20)30(24)14-18-4-3-11-31-18;;;;/h1-6,11-12,16-17,19H,7-10,13-15H2,(H,27,28);2*1H;2*1H2. The summed E-state index contributed by atoms with van der Waals surface area (Å²) >= 11 is 0. The second-order valence-electron chi connectivity index (χ2n) is 8.55. The van der Waals surface area contributed by atoms with Crippen molar-refractivity contribution < 1.29 is 24.8 Å². The van der Waals surface area contributed by atoms with Crippen molar-refractivity contribution in [2.45, 2.75) is 31.5 Å². The first-order valence-electron chi connectivity index (χ1n) is 11.4. The van der Waals surface area contributed by atoms with Gasteiger partial charge in [-0.05, 0) is 37.1 Å². The van der Waals surface area contributed by atoms with Gasteiger partial charge < -0.3 is 30.2 Å². The normalized spacial score (nSPS) is 17.0. The van der Waals surface area contributed by atoms with Gasteiger partial charge in [-0.2, -0.15) is 0 Å². The first kappa shape index (κ1) is 30.1. The summed E-state index contributed by atoms with van der Waals surface area (Å²) in [5.74, 6) is 3.34. The molecule has 0 saturated carbocycles. The fourth-order valence-electron chi connectivity index (χ4n) is 4.58. The monoisotopic (exact) mass is 554 g/mol. The molecular formula is C24H32Cl2N6O5. The highest BCUT2D eigenvalue weighted by atomic mass is 35.5. The van der Waals surface area contributed by atoms with Crippen LogP contribution in [0.1, 0.15) is 18.6 Å². The van der Waals surface area contributed by atoms with E-state index < -0.39 is 0 Å². The average Bonchev–Trinajstić information content (AvgIpc) is 3.49. The maximum atomic E-state index is 6.14. The summed E-state index contributed by atoms with van der Waals surface area (Å²) in [5.41, 5.74) is 1.58. The number of benzene rings is 1. The van der Waals surface area contributed by atoms with Gasteiger partial charge in [0.2, 0.25) is 5.95 Å². The molecule has 1 unspecified atom stereocenters. The molecule has 6 rings (SSSR count). The minimum absolute atomic E-state index is 0. The smallest absolute Gasteiger partial charge is 0.205 e. The molecule has 2 aliphatic rings. The number of imidazole rings is 1. The number of para-hydroxylation sites is 2. The SMILES string of the molecule is Cl.Cl.O.O.c1coc(Cn2c(NC3CCN(CC4COc5ccccc5O4)CC3)nc3cncnc32)c1. The Balaban J connectivity index is 0.00000120. The van der Waals surface area contributed by atoms with E-state index in [1.165, 1.54) is 0 Å². The van der Waals surface area contributed by atoms with Crippen LogP contribution in [0.2, 0.25) is 0 Å². The van der Waals surface area contributed by atoms with Crippen LogP contribution in [0.15, 0.2) is 59.6 Å². The van der Waals surface area contributed by atoms with Crippen LogP contribution in [0.4, 0.5) is 5.95 Å². The van der Waals surface area contributed by atoms with Gasteiger partial charge in [0.15, 0.2) is 17.1 Å². The van der Waals surface area contributed by atoms with E-state index in [1.807, 2.05) is 36.4 Å². The Kier molecular flexibility index (Phi) is 11.0. The van der Waals surface area contributed by atoms with Crippen LogP contribution in [0.5, 0.6) is 11.5 Å². The third-order valence-corrected chi connectivity index (χ3v) is 6.25. The Morgan fingerprint density at radius 1 is 1.00 bits per heavy atom. The molecule has 1 aromatic carbocycles. The summed E-state index contributed by atoms with van der Waals surface area (Å²) < 4.78 is 19.6. The fourth-order valence-corrected chi connectivity index (χ4v) is 4.58. The molecule has 3 aromatic heterocycles. The highest BCUT2D eigenvalue weighted by Crippen LogP contribution is 2.31. The molecule has 0 radical (unpaired) electrons. The third-order valence-electron chi connectivity index (χ3n) is 6.25. The summed E-state index contributed by atoms with van der Waals surface area (Å²) in [7, 11) is 0. The molecule has 0 bridgehead atoms. The molecule has 11 nitrogen and oxygen atoms in total. The number of anilines is 1. The van der Waals surface area contributed by atoms with Gasteiger partial charge in [-0.3, -0.25) is 9.47 Å². The molecule has 5 N–H and O–H groups in total. The molecule has 0 aliphatic carbocycles. The van der Waals surface area contributed by atoms with E-state index in [1.54, 1.807) is 18.8 Å². The van der Waals surface area contributed by atoms with Gasteiger partial charge in [-0.1, -0.05) is 12.1 Å². The lowest BCUT2D eigenvalue weighted by Gasteiger charge is -2.36. The van der Waals surface area contributed by atoms with Crippen molar-refractivity contribution in [2.24, 2.45) is 0 Å². The number of piperidine rings is 1. The van der Waals surface area contributed by atoms with Crippen molar-refractivity contribution >= 4 is 41.9 Å². The Morgan fingerprint density at radius 3 is 2.54 bits per heavy atom.